The van der Waals surface area contributed by atoms with E-state index in [4.69, 9.17) is 5.73 Å². The van der Waals surface area contributed by atoms with Crippen molar-refractivity contribution in [2.24, 2.45) is 5.73 Å². The third-order valence-electron chi connectivity index (χ3n) is 2.93. The number of aromatic hydroxyl groups is 1. The van der Waals surface area contributed by atoms with Gasteiger partial charge in [-0.05, 0) is 23.4 Å². The van der Waals surface area contributed by atoms with E-state index in [1.807, 2.05) is 30.3 Å². The Morgan fingerprint density at radius 3 is 2.50 bits per heavy atom. The predicted molar refractivity (Wildman–Crippen MR) is 67.4 cm³/mol. The second kappa shape index (κ2) is 4.54. The molecular weight excluding hydrogens is 198 g/mol. The first-order valence-corrected chi connectivity index (χ1v) is 5.70. The van der Waals surface area contributed by atoms with Gasteiger partial charge in [0.25, 0.3) is 0 Å². The van der Waals surface area contributed by atoms with Crippen molar-refractivity contribution in [2.45, 2.75) is 25.8 Å². The molecule has 84 valence electrons. The van der Waals surface area contributed by atoms with Crippen molar-refractivity contribution in [1.29, 1.82) is 0 Å². The fourth-order valence-corrected chi connectivity index (χ4v) is 2.10. The molecule has 0 amide bonds. The standard InChI is InChI=1S/C14H17NO/c1-2-5-13(15)11-8-9-14(16)12-7-4-3-6-10(11)12/h3-4,6-9,13,16H,2,5,15H2,1H3/t13-/m0/s1. The third-order valence-corrected chi connectivity index (χ3v) is 2.93. The van der Waals surface area contributed by atoms with E-state index in [0.717, 1.165) is 29.2 Å². The van der Waals surface area contributed by atoms with E-state index in [1.165, 1.54) is 0 Å². The van der Waals surface area contributed by atoms with Crippen molar-refractivity contribution < 1.29 is 5.11 Å². The molecule has 3 N–H and O–H groups in total. The molecule has 0 spiro atoms. The minimum Gasteiger partial charge on any atom is -0.507 e. The highest BCUT2D eigenvalue weighted by Gasteiger charge is 2.10. The number of hydrogen-bond donors (Lipinski definition) is 2. The summed E-state index contributed by atoms with van der Waals surface area (Å²) >= 11 is 0. The van der Waals surface area contributed by atoms with Crippen LogP contribution < -0.4 is 5.73 Å². The van der Waals surface area contributed by atoms with Crippen LogP contribution in [-0.4, -0.2) is 5.11 Å². The molecule has 2 heteroatoms. The Kier molecular flexibility index (Phi) is 3.11. The fourth-order valence-electron chi connectivity index (χ4n) is 2.10. The largest absolute Gasteiger partial charge is 0.507 e. The summed E-state index contributed by atoms with van der Waals surface area (Å²) in [5.41, 5.74) is 7.26. The van der Waals surface area contributed by atoms with Gasteiger partial charge in [-0.25, -0.2) is 0 Å². The Bertz CT molecular complexity index is 493. The molecule has 0 fully saturated rings. The van der Waals surface area contributed by atoms with Crippen molar-refractivity contribution in [3.63, 3.8) is 0 Å². The van der Waals surface area contributed by atoms with Crippen LogP contribution in [0.15, 0.2) is 36.4 Å². The quantitative estimate of drug-likeness (QED) is 0.824. The summed E-state index contributed by atoms with van der Waals surface area (Å²) in [6.45, 7) is 2.13. The Hall–Kier alpha value is -1.54. The van der Waals surface area contributed by atoms with Gasteiger partial charge in [-0.3, -0.25) is 0 Å². The van der Waals surface area contributed by atoms with Gasteiger partial charge in [0.15, 0.2) is 0 Å². The summed E-state index contributed by atoms with van der Waals surface area (Å²) in [6.07, 6.45) is 2.03. The molecule has 2 aromatic rings. The SMILES string of the molecule is CCC[C@H](N)c1ccc(O)c2ccccc12. The maximum Gasteiger partial charge on any atom is 0.123 e. The van der Waals surface area contributed by atoms with Gasteiger partial charge in [0.2, 0.25) is 0 Å². The van der Waals surface area contributed by atoms with Gasteiger partial charge in [-0.15, -0.1) is 0 Å². The maximum absolute atomic E-state index is 9.77. The topological polar surface area (TPSA) is 46.2 Å². The molecule has 0 aliphatic rings. The van der Waals surface area contributed by atoms with Gasteiger partial charge in [-0.2, -0.15) is 0 Å². The molecule has 2 rings (SSSR count). The number of phenols is 1. The average molecular weight is 215 g/mol. The van der Waals surface area contributed by atoms with Crippen molar-refractivity contribution in [2.75, 3.05) is 0 Å². The van der Waals surface area contributed by atoms with Gasteiger partial charge in [0.1, 0.15) is 5.75 Å². The van der Waals surface area contributed by atoms with Gasteiger partial charge in [0.05, 0.1) is 0 Å². The first kappa shape index (κ1) is 11.0. The molecule has 16 heavy (non-hydrogen) atoms. The van der Waals surface area contributed by atoms with Crippen molar-refractivity contribution in [1.82, 2.24) is 0 Å². The van der Waals surface area contributed by atoms with Crippen molar-refractivity contribution in [3.8, 4) is 5.75 Å². The van der Waals surface area contributed by atoms with Crippen molar-refractivity contribution >= 4 is 10.8 Å². The normalized spacial score (nSPS) is 12.9. The Balaban J connectivity index is 2.58. The second-order valence-corrected chi connectivity index (χ2v) is 4.11. The lowest BCUT2D eigenvalue weighted by Gasteiger charge is -2.14. The number of fused-ring (bicyclic) bond motifs is 1. The van der Waals surface area contributed by atoms with E-state index in [1.54, 1.807) is 6.07 Å². The highest BCUT2D eigenvalue weighted by molar-refractivity contribution is 5.91. The van der Waals surface area contributed by atoms with E-state index in [-0.39, 0.29) is 6.04 Å². The Morgan fingerprint density at radius 2 is 1.81 bits per heavy atom. The minimum atomic E-state index is 0.0514. The predicted octanol–water partition coefficient (Wildman–Crippen LogP) is 3.35. The van der Waals surface area contributed by atoms with Crippen LogP contribution in [0.4, 0.5) is 0 Å². The lowest BCUT2D eigenvalue weighted by Crippen LogP contribution is -2.10. The van der Waals surface area contributed by atoms with Crippen LogP contribution in [0.2, 0.25) is 0 Å². The van der Waals surface area contributed by atoms with Gasteiger partial charge in [0, 0.05) is 11.4 Å². The van der Waals surface area contributed by atoms with Crippen LogP contribution in [0, 0.1) is 0 Å². The second-order valence-electron chi connectivity index (χ2n) is 4.11. The minimum absolute atomic E-state index is 0.0514. The zero-order valence-corrected chi connectivity index (χ0v) is 9.48. The number of benzene rings is 2. The van der Waals surface area contributed by atoms with E-state index in [2.05, 4.69) is 6.92 Å². The summed E-state index contributed by atoms with van der Waals surface area (Å²) in [6, 6.07) is 11.6. The molecule has 0 radical (unpaired) electrons. The molecule has 0 aliphatic heterocycles. The van der Waals surface area contributed by atoms with Crippen LogP contribution >= 0.6 is 0 Å². The first-order chi connectivity index (χ1) is 7.74. The van der Waals surface area contributed by atoms with Gasteiger partial charge in [-0.1, -0.05) is 43.7 Å². The first-order valence-electron chi connectivity index (χ1n) is 5.70. The zero-order chi connectivity index (χ0) is 11.5. The zero-order valence-electron chi connectivity index (χ0n) is 9.48. The lowest BCUT2D eigenvalue weighted by atomic mass is 9.96. The molecule has 2 aromatic carbocycles. The van der Waals surface area contributed by atoms with Crippen LogP contribution in [0.1, 0.15) is 31.4 Å². The number of phenolic OH excluding ortho intramolecular Hbond substituents is 1. The highest BCUT2D eigenvalue weighted by Crippen LogP contribution is 2.31. The molecule has 0 unspecified atom stereocenters. The molecular formula is C14H17NO. The Morgan fingerprint density at radius 1 is 1.12 bits per heavy atom. The number of nitrogens with two attached hydrogens (primary N) is 1. The molecule has 0 saturated carbocycles. The van der Waals surface area contributed by atoms with E-state index in [9.17, 15) is 5.11 Å². The smallest absolute Gasteiger partial charge is 0.123 e. The van der Waals surface area contributed by atoms with Crippen LogP contribution in [0.25, 0.3) is 10.8 Å². The van der Waals surface area contributed by atoms with Crippen molar-refractivity contribution in [3.05, 3.63) is 42.0 Å². The Labute approximate surface area is 95.7 Å². The molecule has 2 nitrogen and oxygen atoms in total. The third kappa shape index (κ3) is 1.89. The van der Waals surface area contributed by atoms with E-state index in [0.29, 0.717) is 5.75 Å². The number of rotatable bonds is 3. The molecule has 0 aromatic heterocycles. The molecule has 1 atom stereocenters. The molecule has 0 heterocycles. The number of hydrogen-bond acceptors (Lipinski definition) is 2. The highest BCUT2D eigenvalue weighted by atomic mass is 16.3. The molecule has 0 saturated heterocycles. The fraction of sp³-hybridized carbons (Fsp3) is 0.286. The molecule has 0 bridgehead atoms. The average Bonchev–Trinajstić information content (AvgIpc) is 2.30. The summed E-state index contributed by atoms with van der Waals surface area (Å²) in [5, 5.41) is 11.7. The lowest BCUT2D eigenvalue weighted by molar-refractivity contribution is 0.481. The monoisotopic (exact) mass is 215 g/mol. The maximum atomic E-state index is 9.77. The van der Waals surface area contributed by atoms with E-state index < -0.39 is 0 Å². The summed E-state index contributed by atoms with van der Waals surface area (Å²) < 4.78 is 0. The summed E-state index contributed by atoms with van der Waals surface area (Å²) in [5.74, 6) is 0.322. The van der Waals surface area contributed by atoms with Crippen LogP contribution in [0.5, 0.6) is 5.75 Å². The van der Waals surface area contributed by atoms with E-state index >= 15 is 0 Å². The van der Waals surface area contributed by atoms with Crippen LogP contribution in [-0.2, 0) is 0 Å². The molecule has 0 aliphatic carbocycles. The summed E-state index contributed by atoms with van der Waals surface area (Å²) in [7, 11) is 0. The van der Waals surface area contributed by atoms with Gasteiger partial charge < -0.3 is 10.8 Å². The summed E-state index contributed by atoms with van der Waals surface area (Å²) in [4.78, 5) is 0. The van der Waals surface area contributed by atoms with Crippen LogP contribution in [0.3, 0.4) is 0 Å². The van der Waals surface area contributed by atoms with Gasteiger partial charge >= 0.3 is 0 Å².